The van der Waals surface area contributed by atoms with Crippen LogP contribution in [0.25, 0.3) is 0 Å². The van der Waals surface area contributed by atoms with E-state index < -0.39 is 0 Å². The molecule has 0 amide bonds. The molecule has 0 spiro atoms. The van der Waals surface area contributed by atoms with E-state index in [-0.39, 0.29) is 6.04 Å². The van der Waals surface area contributed by atoms with Gasteiger partial charge in [-0.05, 0) is 46.8 Å². The lowest BCUT2D eigenvalue weighted by Crippen LogP contribution is -2.25. The zero-order valence-corrected chi connectivity index (χ0v) is 10.8. The lowest BCUT2D eigenvalue weighted by Gasteiger charge is -2.26. The number of carbonyl (C=O) groups is 1. The first-order chi connectivity index (χ1) is 7.16. The van der Waals surface area contributed by atoms with E-state index in [0.29, 0.717) is 24.5 Å². The Balaban J connectivity index is 2.02. The fourth-order valence-corrected chi connectivity index (χ4v) is 3.58. The van der Waals surface area contributed by atoms with Crippen LogP contribution >= 0.6 is 27.3 Å². The van der Waals surface area contributed by atoms with Gasteiger partial charge in [0.25, 0.3) is 0 Å². The second-order valence-corrected chi connectivity index (χ2v) is 6.54. The van der Waals surface area contributed by atoms with Crippen molar-refractivity contribution >= 4 is 33.0 Å². The molecule has 2 nitrogen and oxygen atoms in total. The van der Waals surface area contributed by atoms with Crippen molar-refractivity contribution in [3.8, 4) is 0 Å². The molecule has 2 N–H and O–H groups in total. The van der Waals surface area contributed by atoms with Gasteiger partial charge in [0.2, 0.25) is 0 Å². The Bertz CT molecular complexity index is 353. The summed E-state index contributed by atoms with van der Waals surface area (Å²) in [4.78, 5) is 12.3. The third-order valence-electron chi connectivity index (χ3n) is 3.02. The molecule has 0 saturated heterocycles. The maximum Gasteiger partial charge on any atom is 0.132 e. The molecule has 1 aliphatic carbocycles. The van der Waals surface area contributed by atoms with E-state index in [1.807, 2.05) is 6.07 Å². The first-order valence-electron chi connectivity index (χ1n) is 5.19. The van der Waals surface area contributed by atoms with Crippen molar-refractivity contribution in [2.24, 2.45) is 11.7 Å². The van der Waals surface area contributed by atoms with Crippen molar-refractivity contribution < 1.29 is 4.79 Å². The zero-order chi connectivity index (χ0) is 10.8. The molecule has 1 atom stereocenters. The number of rotatable bonds is 2. The van der Waals surface area contributed by atoms with Crippen LogP contribution in [0.2, 0.25) is 0 Å². The van der Waals surface area contributed by atoms with E-state index >= 15 is 0 Å². The van der Waals surface area contributed by atoms with Crippen molar-refractivity contribution in [2.75, 3.05) is 0 Å². The molecule has 0 bridgehead atoms. The number of ketones is 1. The highest BCUT2D eigenvalue weighted by Crippen LogP contribution is 2.35. The standard InChI is InChI=1S/C11H14BrNOS/c12-10-6-5-9(15-10)11(13)7-1-3-8(14)4-2-7/h5-7,11H,1-4,13H2. The summed E-state index contributed by atoms with van der Waals surface area (Å²) in [6.07, 6.45) is 3.33. The summed E-state index contributed by atoms with van der Waals surface area (Å²) in [5.41, 5.74) is 6.21. The SMILES string of the molecule is NC(c1ccc(Br)s1)C1CCC(=O)CC1. The lowest BCUT2D eigenvalue weighted by molar-refractivity contribution is -0.121. The number of thiophene rings is 1. The Morgan fingerprint density at radius 3 is 2.60 bits per heavy atom. The molecule has 0 radical (unpaired) electrons. The van der Waals surface area contributed by atoms with Gasteiger partial charge < -0.3 is 5.73 Å². The van der Waals surface area contributed by atoms with Gasteiger partial charge in [0, 0.05) is 23.8 Å². The topological polar surface area (TPSA) is 43.1 Å². The van der Waals surface area contributed by atoms with Gasteiger partial charge >= 0.3 is 0 Å². The highest BCUT2D eigenvalue weighted by molar-refractivity contribution is 9.11. The molecule has 2 rings (SSSR count). The fraction of sp³-hybridized carbons (Fsp3) is 0.545. The van der Waals surface area contributed by atoms with Gasteiger partial charge in [0.1, 0.15) is 5.78 Å². The van der Waals surface area contributed by atoms with Crippen molar-refractivity contribution in [1.82, 2.24) is 0 Å². The van der Waals surface area contributed by atoms with Crippen molar-refractivity contribution in [1.29, 1.82) is 0 Å². The summed E-state index contributed by atoms with van der Waals surface area (Å²) in [7, 11) is 0. The number of nitrogens with two attached hydrogens (primary N) is 1. The van der Waals surface area contributed by atoms with Crippen molar-refractivity contribution in [3.05, 3.63) is 20.8 Å². The number of Topliss-reactive ketones (excluding diaryl/α,β-unsaturated/α-hetero) is 1. The summed E-state index contributed by atoms with van der Waals surface area (Å²) in [6, 6.07) is 4.22. The number of hydrogen-bond acceptors (Lipinski definition) is 3. The van der Waals surface area contributed by atoms with E-state index in [4.69, 9.17) is 5.73 Å². The van der Waals surface area contributed by atoms with Gasteiger partial charge in [-0.1, -0.05) is 0 Å². The molecule has 1 aliphatic rings. The van der Waals surface area contributed by atoms with Crippen LogP contribution in [0, 0.1) is 5.92 Å². The van der Waals surface area contributed by atoms with Gasteiger partial charge in [-0.3, -0.25) is 4.79 Å². The van der Waals surface area contributed by atoms with Crippen LogP contribution in [-0.2, 0) is 4.79 Å². The van der Waals surface area contributed by atoms with Gasteiger partial charge in [-0.15, -0.1) is 11.3 Å². The number of hydrogen-bond donors (Lipinski definition) is 1. The minimum Gasteiger partial charge on any atom is -0.323 e. The Kier molecular flexibility index (Phi) is 3.59. The van der Waals surface area contributed by atoms with E-state index in [2.05, 4.69) is 22.0 Å². The molecular weight excluding hydrogens is 274 g/mol. The van der Waals surface area contributed by atoms with Gasteiger partial charge in [-0.25, -0.2) is 0 Å². The van der Waals surface area contributed by atoms with Crippen LogP contribution in [0.5, 0.6) is 0 Å². The minimum atomic E-state index is 0.106. The van der Waals surface area contributed by atoms with Crippen LogP contribution in [-0.4, -0.2) is 5.78 Å². The molecule has 1 heterocycles. The average Bonchev–Trinajstić information content (AvgIpc) is 2.65. The van der Waals surface area contributed by atoms with Crippen LogP contribution < -0.4 is 5.73 Å². The average molecular weight is 288 g/mol. The highest BCUT2D eigenvalue weighted by atomic mass is 79.9. The Hall–Kier alpha value is -0.190. The Morgan fingerprint density at radius 2 is 2.07 bits per heavy atom. The quantitative estimate of drug-likeness (QED) is 0.907. The molecule has 15 heavy (non-hydrogen) atoms. The maximum absolute atomic E-state index is 11.1. The first-order valence-corrected chi connectivity index (χ1v) is 6.80. The number of carbonyl (C=O) groups excluding carboxylic acids is 1. The minimum absolute atomic E-state index is 0.106. The third-order valence-corrected chi connectivity index (χ3v) is 4.74. The van der Waals surface area contributed by atoms with E-state index in [0.717, 1.165) is 16.6 Å². The normalized spacial score (nSPS) is 20.5. The predicted molar refractivity (Wildman–Crippen MR) is 65.9 cm³/mol. The molecule has 4 heteroatoms. The van der Waals surface area contributed by atoms with E-state index in [1.54, 1.807) is 11.3 Å². The largest absolute Gasteiger partial charge is 0.323 e. The second-order valence-electron chi connectivity index (χ2n) is 4.04. The molecule has 1 fully saturated rings. The Morgan fingerprint density at radius 1 is 1.40 bits per heavy atom. The number of halogens is 1. The van der Waals surface area contributed by atoms with Gasteiger partial charge in [-0.2, -0.15) is 0 Å². The molecule has 1 aromatic rings. The molecule has 0 aliphatic heterocycles. The predicted octanol–water partition coefficient (Wildman–Crippen LogP) is 3.27. The zero-order valence-electron chi connectivity index (χ0n) is 8.41. The van der Waals surface area contributed by atoms with Crippen LogP contribution in [0.3, 0.4) is 0 Å². The lowest BCUT2D eigenvalue weighted by atomic mass is 9.83. The summed E-state index contributed by atoms with van der Waals surface area (Å²) in [5, 5.41) is 0. The molecule has 1 aromatic heterocycles. The highest BCUT2D eigenvalue weighted by Gasteiger charge is 2.25. The molecule has 1 unspecified atom stereocenters. The summed E-state index contributed by atoms with van der Waals surface area (Å²) < 4.78 is 1.12. The maximum atomic E-state index is 11.1. The van der Waals surface area contributed by atoms with E-state index in [9.17, 15) is 4.79 Å². The monoisotopic (exact) mass is 287 g/mol. The first kappa shape index (κ1) is 11.3. The molecule has 82 valence electrons. The van der Waals surface area contributed by atoms with E-state index in [1.165, 1.54) is 4.88 Å². The van der Waals surface area contributed by atoms with Crippen molar-refractivity contribution in [2.45, 2.75) is 31.7 Å². The fourth-order valence-electron chi connectivity index (χ4n) is 2.06. The molecular formula is C11H14BrNOS. The van der Waals surface area contributed by atoms with Crippen LogP contribution in [0.15, 0.2) is 15.9 Å². The third kappa shape index (κ3) is 2.68. The molecule has 1 saturated carbocycles. The van der Waals surface area contributed by atoms with Crippen molar-refractivity contribution in [3.63, 3.8) is 0 Å². The summed E-state index contributed by atoms with van der Waals surface area (Å²) in [5.74, 6) is 0.874. The van der Waals surface area contributed by atoms with Crippen LogP contribution in [0.1, 0.15) is 36.6 Å². The van der Waals surface area contributed by atoms with Gasteiger partial charge in [0.05, 0.1) is 3.79 Å². The summed E-state index contributed by atoms with van der Waals surface area (Å²) >= 11 is 5.14. The Labute approximate surface area is 102 Å². The second kappa shape index (κ2) is 4.76. The molecule has 0 aromatic carbocycles. The van der Waals surface area contributed by atoms with Gasteiger partial charge in [0.15, 0.2) is 0 Å². The summed E-state index contributed by atoms with van der Waals surface area (Å²) in [6.45, 7) is 0. The smallest absolute Gasteiger partial charge is 0.132 e. The van der Waals surface area contributed by atoms with Crippen LogP contribution in [0.4, 0.5) is 0 Å².